The molecular formula is C15H14BrN3O2. The molecule has 2 aromatic rings. The molecule has 108 valence electrons. The molecule has 21 heavy (non-hydrogen) atoms. The highest BCUT2D eigenvalue weighted by atomic mass is 79.9. The van der Waals surface area contributed by atoms with Gasteiger partial charge in [-0.05, 0) is 28.1 Å². The highest BCUT2D eigenvalue weighted by Crippen LogP contribution is 2.31. The van der Waals surface area contributed by atoms with Crippen molar-refractivity contribution in [2.75, 3.05) is 12.3 Å². The SMILES string of the molecule is Nc1ncc(Br)cc1C(=O)NC1CCOc2ccccc21. The van der Waals surface area contributed by atoms with Crippen LogP contribution in [-0.4, -0.2) is 17.5 Å². The average molecular weight is 348 g/mol. The number of fused-ring (bicyclic) bond motifs is 1. The number of amides is 1. The second-order valence-corrected chi connectivity index (χ2v) is 5.70. The van der Waals surface area contributed by atoms with Gasteiger partial charge in [0.15, 0.2) is 0 Å². The van der Waals surface area contributed by atoms with Gasteiger partial charge < -0.3 is 15.8 Å². The number of benzene rings is 1. The fourth-order valence-electron chi connectivity index (χ4n) is 2.36. The van der Waals surface area contributed by atoms with Crippen LogP contribution in [0.1, 0.15) is 28.4 Å². The second kappa shape index (κ2) is 5.73. The largest absolute Gasteiger partial charge is 0.493 e. The Morgan fingerprint density at radius 3 is 3.10 bits per heavy atom. The second-order valence-electron chi connectivity index (χ2n) is 4.79. The van der Waals surface area contributed by atoms with E-state index >= 15 is 0 Å². The van der Waals surface area contributed by atoms with Crippen molar-refractivity contribution in [3.8, 4) is 5.75 Å². The maximum atomic E-state index is 12.4. The molecule has 1 atom stereocenters. The zero-order valence-electron chi connectivity index (χ0n) is 11.2. The first-order valence-electron chi connectivity index (χ1n) is 6.59. The fourth-order valence-corrected chi connectivity index (χ4v) is 2.69. The fraction of sp³-hybridized carbons (Fsp3) is 0.200. The number of carbonyl (C=O) groups is 1. The van der Waals surface area contributed by atoms with Crippen molar-refractivity contribution < 1.29 is 9.53 Å². The van der Waals surface area contributed by atoms with Crippen molar-refractivity contribution in [3.05, 3.63) is 52.1 Å². The van der Waals surface area contributed by atoms with Crippen LogP contribution in [0.3, 0.4) is 0 Å². The smallest absolute Gasteiger partial charge is 0.255 e. The highest BCUT2D eigenvalue weighted by Gasteiger charge is 2.24. The molecule has 0 spiro atoms. The van der Waals surface area contributed by atoms with Gasteiger partial charge in [-0.1, -0.05) is 18.2 Å². The normalized spacial score (nSPS) is 16.7. The van der Waals surface area contributed by atoms with E-state index in [2.05, 4.69) is 26.2 Å². The summed E-state index contributed by atoms with van der Waals surface area (Å²) < 4.78 is 6.30. The maximum Gasteiger partial charge on any atom is 0.255 e. The minimum Gasteiger partial charge on any atom is -0.493 e. The average Bonchev–Trinajstić information content (AvgIpc) is 2.50. The van der Waals surface area contributed by atoms with Gasteiger partial charge in [-0.15, -0.1) is 0 Å². The topological polar surface area (TPSA) is 77.2 Å². The van der Waals surface area contributed by atoms with E-state index in [-0.39, 0.29) is 17.8 Å². The van der Waals surface area contributed by atoms with E-state index in [1.165, 1.54) is 0 Å². The summed E-state index contributed by atoms with van der Waals surface area (Å²) in [4.78, 5) is 16.4. The first-order valence-corrected chi connectivity index (χ1v) is 7.38. The Morgan fingerprint density at radius 2 is 2.24 bits per heavy atom. The Labute approximate surface area is 130 Å². The molecule has 0 bridgehead atoms. The zero-order valence-corrected chi connectivity index (χ0v) is 12.8. The molecule has 0 fully saturated rings. The molecule has 1 aromatic carbocycles. The quantitative estimate of drug-likeness (QED) is 0.875. The molecule has 0 aliphatic carbocycles. The van der Waals surface area contributed by atoms with Gasteiger partial charge in [0.05, 0.1) is 18.2 Å². The number of carbonyl (C=O) groups excluding carboxylic acids is 1. The summed E-state index contributed by atoms with van der Waals surface area (Å²) in [7, 11) is 0. The third-order valence-corrected chi connectivity index (χ3v) is 3.83. The molecule has 2 heterocycles. The van der Waals surface area contributed by atoms with Crippen LogP contribution in [0.4, 0.5) is 5.82 Å². The Morgan fingerprint density at radius 1 is 1.43 bits per heavy atom. The number of halogens is 1. The monoisotopic (exact) mass is 347 g/mol. The Bertz CT molecular complexity index is 690. The molecule has 0 radical (unpaired) electrons. The third-order valence-electron chi connectivity index (χ3n) is 3.39. The molecule has 1 unspecified atom stereocenters. The van der Waals surface area contributed by atoms with Crippen molar-refractivity contribution in [3.63, 3.8) is 0 Å². The molecule has 0 saturated carbocycles. The maximum absolute atomic E-state index is 12.4. The number of ether oxygens (including phenoxy) is 1. The van der Waals surface area contributed by atoms with Crippen LogP contribution in [0.2, 0.25) is 0 Å². The third kappa shape index (κ3) is 2.85. The van der Waals surface area contributed by atoms with Crippen molar-refractivity contribution in [2.24, 2.45) is 0 Å². The number of nitrogens with two attached hydrogens (primary N) is 1. The number of rotatable bonds is 2. The van der Waals surface area contributed by atoms with Gasteiger partial charge in [-0.2, -0.15) is 0 Å². The number of hydrogen-bond donors (Lipinski definition) is 2. The molecule has 3 N–H and O–H groups in total. The van der Waals surface area contributed by atoms with Crippen LogP contribution in [0.15, 0.2) is 41.0 Å². The molecular weight excluding hydrogens is 334 g/mol. The number of aromatic nitrogens is 1. The van der Waals surface area contributed by atoms with Gasteiger partial charge in [-0.25, -0.2) is 4.98 Å². The number of nitrogens with one attached hydrogen (secondary N) is 1. The lowest BCUT2D eigenvalue weighted by atomic mass is 10.0. The van der Waals surface area contributed by atoms with Crippen LogP contribution in [0, 0.1) is 0 Å². The van der Waals surface area contributed by atoms with Crippen LogP contribution >= 0.6 is 15.9 Å². The van der Waals surface area contributed by atoms with Gasteiger partial charge in [0.25, 0.3) is 5.91 Å². The van der Waals surface area contributed by atoms with Gasteiger partial charge in [0.2, 0.25) is 0 Å². The van der Waals surface area contributed by atoms with Crippen LogP contribution in [0.5, 0.6) is 5.75 Å². The number of para-hydroxylation sites is 1. The molecule has 1 aliphatic rings. The van der Waals surface area contributed by atoms with Gasteiger partial charge in [0, 0.05) is 22.7 Å². The summed E-state index contributed by atoms with van der Waals surface area (Å²) >= 11 is 3.30. The van der Waals surface area contributed by atoms with Gasteiger partial charge in [-0.3, -0.25) is 4.79 Å². The molecule has 3 rings (SSSR count). The van der Waals surface area contributed by atoms with E-state index in [1.807, 2.05) is 24.3 Å². The number of nitrogen functional groups attached to an aromatic ring is 1. The van der Waals surface area contributed by atoms with Crippen molar-refractivity contribution in [1.82, 2.24) is 10.3 Å². The van der Waals surface area contributed by atoms with E-state index in [9.17, 15) is 4.79 Å². The summed E-state index contributed by atoms with van der Waals surface area (Å²) in [5, 5.41) is 3.00. The molecule has 1 aliphatic heterocycles. The minimum absolute atomic E-state index is 0.0826. The van der Waals surface area contributed by atoms with Gasteiger partial charge in [0.1, 0.15) is 11.6 Å². The summed E-state index contributed by atoms with van der Waals surface area (Å²) in [6.07, 6.45) is 2.29. The first-order chi connectivity index (χ1) is 10.1. The van der Waals surface area contributed by atoms with E-state index < -0.39 is 0 Å². The predicted molar refractivity (Wildman–Crippen MR) is 83.1 cm³/mol. The van der Waals surface area contributed by atoms with E-state index in [0.29, 0.717) is 16.6 Å². The van der Waals surface area contributed by atoms with Crippen molar-refractivity contribution in [2.45, 2.75) is 12.5 Å². The van der Waals surface area contributed by atoms with Crippen molar-refractivity contribution in [1.29, 1.82) is 0 Å². The van der Waals surface area contributed by atoms with Crippen LogP contribution in [0.25, 0.3) is 0 Å². The number of hydrogen-bond acceptors (Lipinski definition) is 4. The number of anilines is 1. The summed E-state index contributed by atoms with van der Waals surface area (Å²) in [5.41, 5.74) is 7.13. The lowest BCUT2D eigenvalue weighted by molar-refractivity contribution is 0.0925. The minimum atomic E-state index is -0.233. The van der Waals surface area contributed by atoms with Crippen LogP contribution < -0.4 is 15.8 Å². The Kier molecular flexibility index (Phi) is 3.79. The molecule has 0 saturated heterocycles. The summed E-state index contributed by atoms with van der Waals surface area (Å²) in [6, 6.07) is 9.30. The Balaban J connectivity index is 1.84. The Hall–Kier alpha value is -2.08. The van der Waals surface area contributed by atoms with E-state index in [1.54, 1.807) is 12.3 Å². The first kappa shape index (κ1) is 13.9. The number of nitrogens with zero attached hydrogens (tertiary/aromatic N) is 1. The predicted octanol–water partition coefficient (Wildman–Crippen LogP) is 2.68. The zero-order chi connectivity index (χ0) is 14.8. The number of pyridine rings is 1. The van der Waals surface area contributed by atoms with Crippen LogP contribution in [-0.2, 0) is 0 Å². The lowest BCUT2D eigenvalue weighted by Crippen LogP contribution is -2.32. The molecule has 1 aromatic heterocycles. The lowest BCUT2D eigenvalue weighted by Gasteiger charge is -2.26. The molecule has 5 nitrogen and oxygen atoms in total. The molecule has 6 heteroatoms. The van der Waals surface area contributed by atoms with E-state index in [0.717, 1.165) is 17.7 Å². The van der Waals surface area contributed by atoms with Crippen molar-refractivity contribution >= 4 is 27.7 Å². The summed E-state index contributed by atoms with van der Waals surface area (Å²) in [6.45, 7) is 0.578. The van der Waals surface area contributed by atoms with E-state index in [4.69, 9.17) is 10.5 Å². The standard InChI is InChI=1S/C15H14BrN3O2/c16-9-7-11(14(17)18-8-9)15(20)19-12-5-6-21-13-4-2-1-3-10(12)13/h1-4,7-8,12H,5-6H2,(H2,17,18)(H,19,20). The summed E-state index contributed by atoms with van der Waals surface area (Å²) in [5.74, 6) is 0.799. The molecule has 1 amide bonds. The van der Waals surface area contributed by atoms with Gasteiger partial charge >= 0.3 is 0 Å². The highest BCUT2D eigenvalue weighted by molar-refractivity contribution is 9.10.